The van der Waals surface area contributed by atoms with E-state index in [-0.39, 0.29) is 43.7 Å². The molecule has 0 bridgehead atoms. The number of aliphatic hydroxyl groups excluding tert-OH is 1. The second-order valence-corrected chi connectivity index (χ2v) is 20.9. The second-order valence-electron chi connectivity index (χ2n) is 20.1. The summed E-state index contributed by atoms with van der Waals surface area (Å²) < 4.78 is 52.2. The van der Waals surface area contributed by atoms with Crippen molar-refractivity contribution in [3.8, 4) is 0 Å². The summed E-state index contributed by atoms with van der Waals surface area (Å²) in [6, 6.07) is 4.69. The molecule has 0 aliphatic carbocycles. The molecule has 65 heavy (non-hydrogen) atoms. The van der Waals surface area contributed by atoms with Crippen LogP contribution >= 0.6 is 23.2 Å². The summed E-state index contributed by atoms with van der Waals surface area (Å²) in [7, 11) is 5.27. The number of carbonyl (C=O) groups is 3. The van der Waals surface area contributed by atoms with Crippen LogP contribution in [0.15, 0.2) is 18.2 Å². The van der Waals surface area contributed by atoms with Crippen LogP contribution in [0.4, 0.5) is 4.79 Å². The van der Waals surface area contributed by atoms with Crippen molar-refractivity contribution in [2.75, 3.05) is 34.4 Å². The van der Waals surface area contributed by atoms with E-state index in [4.69, 9.17) is 61.1 Å². The van der Waals surface area contributed by atoms with Gasteiger partial charge in [0.2, 0.25) is 0 Å². The molecule has 0 unspecified atom stereocenters. The third-order valence-electron chi connectivity index (χ3n) is 15.1. The molecule has 14 nitrogen and oxygen atoms in total. The van der Waals surface area contributed by atoms with Crippen LogP contribution in [0, 0.1) is 23.7 Å². The van der Waals surface area contributed by atoms with Crippen molar-refractivity contribution >= 4 is 41.0 Å². The molecule has 4 heterocycles. The zero-order valence-corrected chi connectivity index (χ0v) is 42.8. The number of ether oxygens (including phenoxy) is 8. The van der Waals surface area contributed by atoms with Gasteiger partial charge < -0.3 is 47.9 Å². The molecule has 0 aromatic heterocycles. The van der Waals surface area contributed by atoms with E-state index in [9.17, 15) is 14.7 Å². The SMILES string of the molecule is CCCN(C)[C@@H]1C[C@H](O[C@@H]2[C@@H](C)[C@H](O[C@H]3C[C@@](C)(OC)[C@@H](O)[C@H](C)O3)[C@@H](C)C(=O)O[C@H](CC)[C@@]3(C)OC(=O)N(CCc4ccc(Cl)c(Cl)c4)[C@@H]3[C@@H](C)C(=O)[C@H](C)C[C@]2(C)OC)O[C@H](C)C1. The molecule has 4 saturated heterocycles. The minimum absolute atomic E-state index is 0.102. The normalized spacial score (nSPS) is 41.2. The van der Waals surface area contributed by atoms with Crippen molar-refractivity contribution in [2.45, 2.75) is 199 Å². The number of hydrogen-bond donors (Lipinski definition) is 1. The molecule has 1 aromatic carbocycles. The number of halogens is 2. The van der Waals surface area contributed by atoms with Crippen molar-refractivity contribution in [1.29, 1.82) is 0 Å². The number of fused-ring (bicyclic) bond motifs is 1. The molecule has 1 amide bonds. The summed E-state index contributed by atoms with van der Waals surface area (Å²) in [6.07, 6.45) is -3.05. The highest BCUT2D eigenvalue weighted by atomic mass is 35.5. The third kappa shape index (κ3) is 11.7. The van der Waals surface area contributed by atoms with Gasteiger partial charge in [-0.25, -0.2) is 4.79 Å². The Balaban J connectivity index is 1.61. The van der Waals surface area contributed by atoms with Crippen LogP contribution in [0.1, 0.15) is 120 Å². The quantitative estimate of drug-likeness (QED) is 0.189. The molecule has 0 saturated carbocycles. The predicted octanol–water partition coefficient (Wildman–Crippen LogP) is 8.27. The molecule has 1 N–H and O–H groups in total. The average molecular weight is 958 g/mol. The van der Waals surface area contributed by atoms with Crippen molar-refractivity contribution in [3.05, 3.63) is 33.8 Å². The Bertz CT molecular complexity index is 1790. The van der Waals surface area contributed by atoms with Crippen LogP contribution in [0.5, 0.6) is 0 Å². The summed E-state index contributed by atoms with van der Waals surface area (Å²) >= 11 is 12.6. The topological polar surface area (TPSA) is 152 Å². The van der Waals surface area contributed by atoms with Crippen LogP contribution in [-0.4, -0.2) is 145 Å². The van der Waals surface area contributed by atoms with Gasteiger partial charge in [0.05, 0.1) is 57.6 Å². The van der Waals surface area contributed by atoms with Gasteiger partial charge in [0.1, 0.15) is 18.0 Å². The number of aliphatic hydroxyl groups is 1. The number of hydrogen-bond acceptors (Lipinski definition) is 13. The first-order chi connectivity index (χ1) is 30.5. The summed E-state index contributed by atoms with van der Waals surface area (Å²) in [5.74, 6) is -3.62. The number of benzene rings is 1. The lowest BCUT2D eigenvalue weighted by Gasteiger charge is -2.49. The maximum Gasteiger partial charge on any atom is 0.410 e. The Kier molecular flexibility index (Phi) is 18.3. The Morgan fingerprint density at radius 1 is 0.877 bits per heavy atom. The number of ketones is 1. The molecule has 0 radical (unpaired) electrons. The van der Waals surface area contributed by atoms with Crippen LogP contribution in [0.25, 0.3) is 0 Å². The minimum Gasteiger partial charge on any atom is -0.458 e. The number of cyclic esters (lactones) is 1. The van der Waals surface area contributed by atoms with Crippen LogP contribution in [-0.2, 0) is 53.9 Å². The van der Waals surface area contributed by atoms with Crippen molar-refractivity contribution < 1.29 is 57.4 Å². The van der Waals surface area contributed by atoms with Crippen molar-refractivity contribution in [1.82, 2.24) is 9.80 Å². The maximum atomic E-state index is 15.1. The summed E-state index contributed by atoms with van der Waals surface area (Å²) in [6.45, 7) is 21.9. The smallest absolute Gasteiger partial charge is 0.410 e. The Morgan fingerprint density at radius 3 is 2.17 bits per heavy atom. The van der Waals surface area contributed by atoms with Gasteiger partial charge in [0, 0.05) is 57.4 Å². The van der Waals surface area contributed by atoms with Crippen LogP contribution in [0.2, 0.25) is 10.0 Å². The van der Waals surface area contributed by atoms with E-state index in [0.717, 1.165) is 24.9 Å². The Morgan fingerprint density at radius 2 is 1.55 bits per heavy atom. The first-order valence-electron chi connectivity index (χ1n) is 23.7. The number of methoxy groups -OCH3 is 2. The fraction of sp³-hybridized carbons (Fsp3) is 0.816. The molecule has 0 spiro atoms. The fourth-order valence-corrected chi connectivity index (χ4v) is 11.5. The first kappa shape index (κ1) is 53.8. The zero-order chi connectivity index (χ0) is 48.3. The number of amides is 1. The number of nitrogens with zero attached hydrogens (tertiary/aromatic N) is 2. The van der Waals surface area contributed by atoms with Gasteiger partial charge in [-0.3, -0.25) is 14.5 Å². The molecule has 370 valence electrons. The van der Waals surface area contributed by atoms with Crippen LogP contribution in [0.3, 0.4) is 0 Å². The van der Waals surface area contributed by atoms with Gasteiger partial charge in [-0.1, -0.05) is 63.9 Å². The van der Waals surface area contributed by atoms with E-state index in [1.807, 2.05) is 54.5 Å². The van der Waals surface area contributed by atoms with E-state index in [2.05, 4.69) is 18.9 Å². The lowest BCUT2D eigenvalue weighted by atomic mass is 9.73. The van der Waals surface area contributed by atoms with E-state index in [0.29, 0.717) is 22.9 Å². The first-order valence-corrected chi connectivity index (χ1v) is 24.5. The van der Waals surface area contributed by atoms with Gasteiger partial charge in [-0.2, -0.15) is 0 Å². The molecule has 16 heteroatoms. The fourth-order valence-electron chi connectivity index (χ4n) is 11.2. The highest BCUT2D eigenvalue weighted by Crippen LogP contribution is 2.45. The average Bonchev–Trinajstić information content (AvgIpc) is 3.53. The summed E-state index contributed by atoms with van der Waals surface area (Å²) in [4.78, 5) is 48.0. The zero-order valence-electron chi connectivity index (χ0n) is 41.3. The lowest BCUT2D eigenvalue weighted by molar-refractivity contribution is -0.309. The number of esters is 1. The molecular formula is C49H78Cl2N2O12. The number of Topliss-reactive ketones (excluding diaryl/α,β-unsaturated/α-hetero) is 1. The third-order valence-corrected chi connectivity index (χ3v) is 15.9. The standard InChI is InChI=1S/C49H78Cl2N2O12/c1-15-20-52(12)34-22-28(4)60-38(24-34)64-44-30(6)41(63-39-26-47(9,58-13)43(55)32(8)61-39)31(7)45(56)62-37(16-2)49(11)42(29(5)40(54)27(3)25-48(44,10)59-14)53(46(57)65-49)21-19-33-17-18-35(50)36(51)23-33/h17-18,23,27-32,34,37-39,41-44,55H,15-16,19-22,24-26H2,1-14H3/t27-,28-,29+,30+,31-,32+,34+,37-,38+,39+,41+,42-,43+,44-,47-,48+,49-/m1/s1. The molecule has 17 atom stereocenters. The minimum atomic E-state index is -1.43. The van der Waals surface area contributed by atoms with E-state index < -0.39 is 102 Å². The van der Waals surface area contributed by atoms with Crippen molar-refractivity contribution in [3.63, 3.8) is 0 Å². The molecular weight excluding hydrogens is 879 g/mol. The lowest BCUT2D eigenvalue weighted by Crippen LogP contribution is -2.60. The van der Waals surface area contributed by atoms with Gasteiger partial charge in [-0.15, -0.1) is 0 Å². The monoisotopic (exact) mass is 956 g/mol. The van der Waals surface area contributed by atoms with E-state index >= 15 is 4.79 Å². The Labute approximate surface area is 397 Å². The highest BCUT2D eigenvalue weighted by Gasteiger charge is 2.60. The van der Waals surface area contributed by atoms with Gasteiger partial charge in [-0.05, 0) is 105 Å². The number of carbonyl (C=O) groups excluding carboxylic acids is 3. The molecule has 5 rings (SSSR count). The van der Waals surface area contributed by atoms with Gasteiger partial charge in [0.25, 0.3) is 0 Å². The molecule has 4 aliphatic rings. The predicted molar refractivity (Wildman–Crippen MR) is 248 cm³/mol. The molecule has 1 aromatic rings. The van der Waals surface area contributed by atoms with Gasteiger partial charge >= 0.3 is 12.1 Å². The van der Waals surface area contributed by atoms with E-state index in [1.54, 1.807) is 52.0 Å². The molecule has 4 fully saturated rings. The van der Waals surface area contributed by atoms with Crippen LogP contribution < -0.4 is 0 Å². The molecule has 4 aliphatic heterocycles. The Hall–Kier alpha value is -2.11. The summed E-state index contributed by atoms with van der Waals surface area (Å²) in [5, 5.41) is 11.9. The highest BCUT2D eigenvalue weighted by molar-refractivity contribution is 6.42. The van der Waals surface area contributed by atoms with Crippen molar-refractivity contribution in [2.24, 2.45) is 23.7 Å². The second kappa shape index (κ2) is 22.1. The largest absolute Gasteiger partial charge is 0.458 e. The maximum absolute atomic E-state index is 15.1. The summed E-state index contributed by atoms with van der Waals surface area (Å²) in [5.41, 5.74) is -2.74. The van der Waals surface area contributed by atoms with Gasteiger partial charge in [0.15, 0.2) is 18.2 Å². The number of rotatable bonds is 13. The van der Waals surface area contributed by atoms with E-state index in [1.165, 1.54) is 0 Å².